The Bertz CT molecular complexity index is 1150. The van der Waals surface area contributed by atoms with Crippen LogP contribution in [-0.4, -0.2) is 35.1 Å². The number of amides is 1. The SMILES string of the molecule is O=C(N[C@@H]1COC[C@H]1Cc1ccnc2ccccc12)c1cc2c([nH]c1=O)CCCC2. The van der Waals surface area contributed by atoms with E-state index in [9.17, 15) is 9.59 Å². The maximum absolute atomic E-state index is 12.9. The highest BCUT2D eigenvalue weighted by molar-refractivity contribution is 5.94. The van der Waals surface area contributed by atoms with Crippen molar-refractivity contribution in [3.63, 3.8) is 0 Å². The van der Waals surface area contributed by atoms with Crippen molar-refractivity contribution >= 4 is 16.8 Å². The summed E-state index contributed by atoms with van der Waals surface area (Å²) in [5, 5.41) is 4.19. The van der Waals surface area contributed by atoms with E-state index in [1.807, 2.05) is 30.5 Å². The fraction of sp³-hybridized carbons (Fsp3) is 0.375. The monoisotopic (exact) mass is 403 g/mol. The predicted octanol–water partition coefficient (Wildman–Crippen LogP) is 2.79. The van der Waals surface area contributed by atoms with Crippen LogP contribution in [0.2, 0.25) is 0 Å². The van der Waals surface area contributed by atoms with Gasteiger partial charge in [0.05, 0.1) is 24.8 Å². The average molecular weight is 403 g/mol. The summed E-state index contributed by atoms with van der Waals surface area (Å²) in [6.07, 6.45) is 6.58. The highest BCUT2D eigenvalue weighted by atomic mass is 16.5. The van der Waals surface area contributed by atoms with Gasteiger partial charge in [-0.05, 0) is 61.4 Å². The van der Waals surface area contributed by atoms with Crippen LogP contribution in [0.25, 0.3) is 10.9 Å². The minimum absolute atomic E-state index is 0.125. The lowest BCUT2D eigenvalue weighted by molar-refractivity contribution is 0.0923. The first kappa shape index (κ1) is 19.0. The summed E-state index contributed by atoms with van der Waals surface area (Å²) in [6.45, 7) is 1.05. The molecule has 154 valence electrons. The van der Waals surface area contributed by atoms with Crippen molar-refractivity contribution < 1.29 is 9.53 Å². The molecule has 0 unspecified atom stereocenters. The number of hydrogen-bond acceptors (Lipinski definition) is 4. The molecule has 0 spiro atoms. The number of pyridine rings is 2. The van der Waals surface area contributed by atoms with Crippen LogP contribution in [0, 0.1) is 5.92 Å². The molecule has 2 N–H and O–H groups in total. The molecule has 1 fully saturated rings. The molecule has 2 aromatic heterocycles. The second kappa shape index (κ2) is 8.03. The Labute approximate surface area is 174 Å². The number of benzene rings is 1. The van der Waals surface area contributed by atoms with Crippen LogP contribution >= 0.6 is 0 Å². The van der Waals surface area contributed by atoms with E-state index in [0.29, 0.717) is 13.2 Å². The Morgan fingerprint density at radius 2 is 2.03 bits per heavy atom. The van der Waals surface area contributed by atoms with Gasteiger partial charge in [-0.15, -0.1) is 0 Å². The molecule has 0 radical (unpaired) electrons. The van der Waals surface area contributed by atoms with Gasteiger partial charge in [-0.25, -0.2) is 0 Å². The van der Waals surface area contributed by atoms with Gasteiger partial charge >= 0.3 is 0 Å². The Hall–Kier alpha value is -2.99. The zero-order chi connectivity index (χ0) is 20.5. The zero-order valence-corrected chi connectivity index (χ0v) is 16.8. The number of hydrogen-bond donors (Lipinski definition) is 2. The summed E-state index contributed by atoms with van der Waals surface area (Å²) in [7, 11) is 0. The summed E-state index contributed by atoms with van der Waals surface area (Å²) in [4.78, 5) is 32.7. The summed E-state index contributed by atoms with van der Waals surface area (Å²) >= 11 is 0. The molecule has 2 aliphatic rings. The fourth-order valence-corrected chi connectivity index (χ4v) is 4.66. The molecule has 6 nitrogen and oxygen atoms in total. The second-order valence-electron chi connectivity index (χ2n) is 8.29. The zero-order valence-electron chi connectivity index (χ0n) is 16.8. The number of para-hydroxylation sites is 1. The number of aromatic amines is 1. The Morgan fingerprint density at radius 1 is 1.17 bits per heavy atom. The summed E-state index contributed by atoms with van der Waals surface area (Å²) in [5.74, 6) is -0.166. The van der Waals surface area contributed by atoms with Crippen molar-refractivity contribution in [1.29, 1.82) is 0 Å². The van der Waals surface area contributed by atoms with Gasteiger partial charge in [0.15, 0.2) is 0 Å². The third kappa shape index (κ3) is 3.63. The van der Waals surface area contributed by atoms with Crippen molar-refractivity contribution in [2.45, 2.75) is 38.1 Å². The van der Waals surface area contributed by atoms with Gasteiger partial charge in [0.25, 0.3) is 11.5 Å². The normalized spacial score (nSPS) is 20.8. The van der Waals surface area contributed by atoms with Crippen LogP contribution in [-0.2, 0) is 24.0 Å². The van der Waals surface area contributed by atoms with E-state index in [0.717, 1.165) is 54.3 Å². The molecule has 3 heterocycles. The topological polar surface area (TPSA) is 84.1 Å². The standard InChI is InChI=1S/C24H25N3O3/c28-23-19(12-16-5-1-3-7-20(16)26-23)24(29)27-22-14-30-13-17(22)11-15-9-10-25-21-8-4-2-6-18(15)21/h2,4,6,8-10,12,17,22H,1,3,5,7,11,13-14H2,(H,26,28)(H,27,29)/t17-,22-/m1/s1. The lowest BCUT2D eigenvalue weighted by Gasteiger charge is -2.20. The van der Waals surface area contributed by atoms with Crippen LogP contribution in [0.5, 0.6) is 0 Å². The van der Waals surface area contributed by atoms with Gasteiger partial charge in [-0.2, -0.15) is 0 Å². The summed E-state index contributed by atoms with van der Waals surface area (Å²) < 4.78 is 5.70. The van der Waals surface area contributed by atoms with Gasteiger partial charge in [0.1, 0.15) is 5.56 Å². The molecule has 1 aromatic carbocycles. The highest BCUT2D eigenvalue weighted by Gasteiger charge is 2.31. The maximum Gasteiger partial charge on any atom is 0.261 e. The molecule has 3 aromatic rings. The maximum atomic E-state index is 12.9. The van der Waals surface area contributed by atoms with Crippen molar-refractivity contribution in [1.82, 2.24) is 15.3 Å². The van der Waals surface area contributed by atoms with E-state index in [2.05, 4.69) is 21.4 Å². The van der Waals surface area contributed by atoms with E-state index in [1.165, 1.54) is 5.56 Å². The van der Waals surface area contributed by atoms with E-state index in [-0.39, 0.29) is 29.0 Å². The molecular formula is C24H25N3O3. The molecule has 1 saturated heterocycles. The lowest BCUT2D eigenvalue weighted by atomic mass is 9.92. The van der Waals surface area contributed by atoms with E-state index in [4.69, 9.17) is 4.74 Å². The third-order valence-corrected chi connectivity index (χ3v) is 6.32. The van der Waals surface area contributed by atoms with Gasteiger partial charge in [0, 0.05) is 23.2 Å². The quantitative estimate of drug-likeness (QED) is 0.702. The van der Waals surface area contributed by atoms with E-state index in [1.54, 1.807) is 6.07 Å². The Morgan fingerprint density at radius 3 is 2.97 bits per heavy atom. The lowest BCUT2D eigenvalue weighted by Crippen LogP contribution is -2.42. The fourth-order valence-electron chi connectivity index (χ4n) is 4.66. The number of carbonyl (C=O) groups excluding carboxylic acids is 1. The number of carbonyl (C=O) groups is 1. The number of H-pyrrole nitrogens is 1. The molecule has 6 heteroatoms. The first-order valence-corrected chi connectivity index (χ1v) is 10.7. The van der Waals surface area contributed by atoms with Crippen LogP contribution in [0.4, 0.5) is 0 Å². The highest BCUT2D eigenvalue weighted by Crippen LogP contribution is 2.24. The average Bonchev–Trinajstić information content (AvgIpc) is 3.20. The number of aromatic nitrogens is 2. The van der Waals surface area contributed by atoms with Gasteiger partial charge in [0.2, 0.25) is 0 Å². The Kier molecular flexibility index (Phi) is 5.09. The van der Waals surface area contributed by atoms with Gasteiger partial charge in [-0.3, -0.25) is 14.6 Å². The summed E-state index contributed by atoms with van der Waals surface area (Å²) in [6, 6.07) is 11.8. The van der Waals surface area contributed by atoms with Crippen molar-refractivity contribution in [2.24, 2.45) is 5.92 Å². The number of ether oxygens (including phenoxy) is 1. The van der Waals surface area contributed by atoms with Crippen molar-refractivity contribution in [3.05, 3.63) is 75.3 Å². The molecule has 1 aliphatic heterocycles. The Balaban J connectivity index is 1.34. The largest absolute Gasteiger partial charge is 0.379 e. The van der Waals surface area contributed by atoms with Crippen LogP contribution in [0.1, 0.15) is 40.0 Å². The molecule has 0 bridgehead atoms. The van der Waals surface area contributed by atoms with Gasteiger partial charge in [-0.1, -0.05) is 18.2 Å². The minimum atomic E-state index is -0.315. The molecule has 2 atom stereocenters. The van der Waals surface area contributed by atoms with Crippen molar-refractivity contribution in [2.75, 3.05) is 13.2 Å². The number of rotatable bonds is 4. The van der Waals surface area contributed by atoms with Crippen LogP contribution in [0.15, 0.2) is 47.4 Å². The summed E-state index contributed by atoms with van der Waals surface area (Å²) in [5.41, 5.74) is 4.14. The van der Waals surface area contributed by atoms with Crippen molar-refractivity contribution in [3.8, 4) is 0 Å². The predicted molar refractivity (Wildman–Crippen MR) is 115 cm³/mol. The smallest absolute Gasteiger partial charge is 0.261 e. The first-order valence-electron chi connectivity index (χ1n) is 10.7. The number of nitrogens with one attached hydrogen (secondary N) is 2. The van der Waals surface area contributed by atoms with E-state index >= 15 is 0 Å². The molecule has 1 aliphatic carbocycles. The second-order valence-corrected chi connectivity index (χ2v) is 8.29. The van der Waals surface area contributed by atoms with Crippen LogP contribution in [0.3, 0.4) is 0 Å². The minimum Gasteiger partial charge on any atom is -0.379 e. The first-order chi connectivity index (χ1) is 14.7. The molecule has 30 heavy (non-hydrogen) atoms. The molecule has 1 amide bonds. The number of fused-ring (bicyclic) bond motifs is 2. The number of nitrogens with zero attached hydrogens (tertiary/aromatic N) is 1. The number of aryl methyl sites for hydroxylation is 2. The van der Waals surface area contributed by atoms with Gasteiger partial charge < -0.3 is 15.0 Å². The third-order valence-electron chi connectivity index (χ3n) is 6.32. The molecular weight excluding hydrogens is 378 g/mol. The van der Waals surface area contributed by atoms with E-state index < -0.39 is 0 Å². The van der Waals surface area contributed by atoms with Crippen LogP contribution < -0.4 is 10.9 Å². The molecule has 0 saturated carbocycles. The molecule has 5 rings (SSSR count).